The average molecular weight is 695 g/mol. The number of nitrogens with one attached hydrogen (secondary N) is 1. The molecule has 0 spiro atoms. The minimum absolute atomic E-state index is 0.0290. The van der Waals surface area contributed by atoms with Crippen LogP contribution in [0.1, 0.15) is 37.0 Å². The Morgan fingerprint density at radius 2 is 1.56 bits per heavy atom. The Balaban J connectivity index is 1.80. The van der Waals surface area contributed by atoms with Crippen molar-refractivity contribution >= 4 is 43.5 Å². The number of amides is 2. The van der Waals surface area contributed by atoms with Crippen LogP contribution in [0.2, 0.25) is 0 Å². The Bertz CT molecular complexity index is 1700. The zero-order chi connectivity index (χ0) is 32.6. The molecule has 0 unspecified atom stereocenters. The molecular formula is C35H37BrFN3O4S. The van der Waals surface area contributed by atoms with E-state index in [0.717, 1.165) is 15.4 Å². The molecule has 0 radical (unpaired) electrons. The maximum absolute atomic E-state index is 14.5. The summed E-state index contributed by atoms with van der Waals surface area (Å²) in [5.41, 5.74) is 2.59. The van der Waals surface area contributed by atoms with E-state index in [2.05, 4.69) is 21.2 Å². The minimum Gasteiger partial charge on any atom is -0.352 e. The van der Waals surface area contributed by atoms with Gasteiger partial charge in [-0.15, -0.1) is 0 Å². The largest absolute Gasteiger partial charge is 0.352 e. The van der Waals surface area contributed by atoms with Crippen molar-refractivity contribution in [3.63, 3.8) is 0 Å². The third-order valence-corrected chi connectivity index (χ3v) is 9.80. The second-order valence-corrected chi connectivity index (χ2v) is 13.8. The van der Waals surface area contributed by atoms with Crippen LogP contribution in [-0.4, -0.2) is 43.8 Å². The minimum atomic E-state index is -4.21. The van der Waals surface area contributed by atoms with Gasteiger partial charge in [0.25, 0.3) is 10.0 Å². The lowest BCUT2D eigenvalue weighted by molar-refractivity contribution is -0.140. The van der Waals surface area contributed by atoms with Crippen LogP contribution in [-0.2, 0) is 32.6 Å². The Morgan fingerprint density at radius 3 is 2.18 bits per heavy atom. The molecule has 10 heteroatoms. The van der Waals surface area contributed by atoms with Crippen LogP contribution in [0.15, 0.2) is 112 Å². The highest BCUT2D eigenvalue weighted by atomic mass is 79.9. The number of carbonyl (C=O) groups is 2. The van der Waals surface area contributed by atoms with Crippen LogP contribution in [0, 0.1) is 12.7 Å². The summed E-state index contributed by atoms with van der Waals surface area (Å²) in [7, 11) is -4.21. The fraction of sp³-hybridized carbons (Fsp3) is 0.257. The van der Waals surface area contributed by atoms with E-state index < -0.39 is 34.3 Å². The topological polar surface area (TPSA) is 86.8 Å². The van der Waals surface area contributed by atoms with Gasteiger partial charge in [-0.3, -0.25) is 13.9 Å². The Labute approximate surface area is 273 Å². The first kappa shape index (κ1) is 33.9. The zero-order valence-electron chi connectivity index (χ0n) is 25.5. The summed E-state index contributed by atoms with van der Waals surface area (Å²) in [6.07, 6.45) is 0.874. The van der Waals surface area contributed by atoms with Crippen molar-refractivity contribution in [2.24, 2.45) is 0 Å². The monoisotopic (exact) mass is 693 g/mol. The summed E-state index contributed by atoms with van der Waals surface area (Å²) in [5, 5.41) is 3.00. The highest BCUT2D eigenvalue weighted by Crippen LogP contribution is 2.27. The van der Waals surface area contributed by atoms with Crippen LogP contribution in [0.25, 0.3) is 0 Å². The molecule has 0 bridgehead atoms. The van der Waals surface area contributed by atoms with Crippen LogP contribution >= 0.6 is 15.9 Å². The van der Waals surface area contributed by atoms with Crippen LogP contribution in [0.3, 0.4) is 0 Å². The van der Waals surface area contributed by atoms with E-state index in [1.165, 1.54) is 29.2 Å². The molecule has 0 aliphatic rings. The molecule has 4 rings (SSSR count). The predicted octanol–water partition coefficient (Wildman–Crippen LogP) is 6.65. The normalized spacial score (nSPS) is 12.6. The molecule has 2 atom stereocenters. The van der Waals surface area contributed by atoms with E-state index in [1.807, 2.05) is 51.1 Å². The molecule has 4 aromatic rings. The highest BCUT2D eigenvalue weighted by Gasteiger charge is 2.35. The molecule has 0 fully saturated rings. The maximum Gasteiger partial charge on any atom is 0.264 e. The van der Waals surface area contributed by atoms with Gasteiger partial charge >= 0.3 is 0 Å². The lowest BCUT2D eigenvalue weighted by Crippen LogP contribution is -2.54. The third kappa shape index (κ3) is 9.02. The number of halogens is 2. The number of benzene rings is 4. The van der Waals surface area contributed by atoms with Crippen molar-refractivity contribution in [3.8, 4) is 0 Å². The van der Waals surface area contributed by atoms with Gasteiger partial charge in [-0.2, -0.15) is 0 Å². The summed E-state index contributed by atoms with van der Waals surface area (Å²) < 4.78 is 43.7. The van der Waals surface area contributed by atoms with Crippen molar-refractivity contribution in [2.45, 2.75) is 57.1 Å². The number of carbonyl (C=O) groups excluding carboxylic acids is 2. The van der Waals surface area contributed by atoms with Crippen molar-refractivity contribution < 1.29 is 22.4 Å². The maximum atomic E-state index is 14.5. The van der Waals surface area contributed by atoms with E-state index in [9.17, 15) is 22.4 Å². The van der Waals surface area contributed by atoms with Gasteiger partial charge in [0.2, 0.25) is 11.8 Å². The smallest absolute Gasteiger partial charge is 0.264 e. The molecule has 2 amide bonds. The van der Waals surface area contributed by atoms with Crippen LogP contribution < -0.4 is 9.62 Å². The standard InChI is InChI=1S/C35H37BrFN3O4S/c1-4-26(3)38-35(42)33(21-27-9-6-5-7-10-27)39(23-28-15-17-30(37)18-16-28)34(41)24-40(31-12-8-11-29(36)22-31)45(43,44)32-19-13-25(2)14-20-32/h5-20,22,26,33H,4,21,23-24H2,1-3H3,(H,38,42)/t26-,33-/m1/s1. The first-order chi connectivity index (χ1) is 21.5. The number of aryl methyl sites for hydroxylation is 1. The SMILES string of the molecule is CC[C@@H](C)NC(=O)[C@@H](Cc1ccccc1)N(Cc1ccc(F)cc1)C(=O)CN(c1cccc(Br)c1)S(=O)(=O)c1ccc(C)cc1. The average Bonchev–Trinajstić information content (AvgIpc) is 3.02. The second kappa shape index (κ2) is 15.3. The molecular weight excluding hydrogens is 657 g/mol. The Hall–Kier alpha value is -4.02. The molecule has 4 aromatic carbocycles. The number of anilines is 1. The van der Waals surface area contributed by atoms with E-state index >= 15 is 0 Å². The lowest BCUT2D eigenvalue weighted by Gasteiger charge is -2.34. The number of hydrogen-bond donors (Lipinski definition) is 1. The molecule has 236 valence electrons. The highest BCUT2D eigenvalue weighted by molar-refractivity contribution is 9.10. The summed E-state index contributed by atoms with van der Waals surface area (Å²) in [5.74, 6) is -1.38. The predicted molar refractivity (Wildman–Crippen MR) is 179 cm³/mol. The van der Waals surface area contributed by atoms with Gasteiger partial charge in [0.15, 0.2) is 0 Å². The van der Waals surface area contributed by atoms with Crippen molar-refractivity contribution in [1.29, 1.82) is 0 Å². The molecule has 0 saturated heterocycles. The van der Waals surface area contributed by atoms with Crippen LogP contribution in [0.5, 0.6) is 0 Å². The fourth-order valence-corrected chi connectivity index (χ4v) is 6.57. The van der Waals surface area contributed by atoms with Gasteiger partial charge in [-0.25, -0.2) is 12.8 Å². The molecule has 7 nitrogen and oxygen atoms in total. The summed E-state index contributed by atoms with van der Waals surface area (Å²) in [6, 6.07) is 27.0. The van der Waals surface area contributed by atoms with Crippen molar-refractivity contribution in [2.75, 3.05) is 10.8 Å². The number of nitrogens with zero attached hydrogens (tertiary/aromatic N) is 2. The first-order valence-electron chi connectivity index (χ1n) is 14.7. The van der Waals surface area contributed by atoms with Crippen LogP contribution in [0.4, 0.5) is 10.1 Å². The molecule has 0 saturated carbocycles. The van der Waals surface area contributed by atoms with Gasteiger partial charge < -0.3 is 10.2 Å². The number of sulfonamides is 1. The molecule has 0 aliphatic carbocycles. The molecule has 0 aromatic heterocycles. The Kier molecular flexibility index (Phi) is 11.5. The fourth-order valence-electron chi connectivity index (χ4n) is 4.78. The van der Waals surface area contributed by atoms with E-state index in [0.29, 0.717) is 16.5 Å². The molecule has 45 heavy (non-hydrogen) atoms. The quantitative estimate of drug-likeness (QED) is 0.170. The molecule has 1 N–H and O–H groups in total. The molecule has 0 heterocycles. The molecule has 0 aliphatic heterocycles. The Morgan fingerprint density at radius 1 is 0.889 bits per heavy atom. The lowest BCUT2D eigenvalue weighted by atomic mass is 10.0. The summed E-state index contributed by atoms with van der Waals surface area (Å²) >= 11 is 3.42. The zero-order valence-corrected chi connectivity index (χ0v) is 27.9. The van der Waals surface area contributed by atoms with Gasteiger partial charge in [0.1, 0.15) is 18.4 Å². The van der Waals surface area contributed by atoms with E-state index in [-0.39, 0.29) is 35.5 Å². The summed E-state index contributed by atoms with van der Waals surface area (Å²) in [6.45, 7) is 5.07. The van der Waals surface area contributed by atoms with Gasteiger partial charge in [-0.1, -0.05) is 89.1 Å². The van der Waals surface area contributed by atoms with Gasteiger partial charge in [0, 0.05) is 23.5 Å². The summed E-state index contributed by atoms with van der Waals surface area (Å²) in [4.78, 5) is 29.7. The van der Waals surface area contributed by atoms with Gasteiger partial charge in [0.05, 0.1) is 10.6 Å². The third-order valence-electron chi connectivity index (χ3n) is 7.52. The number of rotatable bonds is 13. The van der Waals surface area contributed by atoms with E-state index in [4.69, 9.17) is 0 Å². The second-order valence-electron chi connectivity index (χ2n) is 11.0. The number of hydrogen-bond acceptors (Lipinski definition) is 4. The van der Waals surface area contributed by atoms with E-state index in [1.54, 1.807) is 48.5 Å². The van der Waals surface area contributed by atoms with Gasteiger partial charge in [-0.05, 0) is 73.9 Å². The van der Waals surface area contributed by atoms with Crippen molar-refractivity contribution in [1.82, 2.24) is 10.2 Å². The first-order valence-corrected chi connectivity index (χ1v) is 16.9. The van der Waals surface area contributed by atoms with Crippen molar-refractivity contribution in [3.05, 3.63) is 130 Å².